The highest BCUT2D eigenvalue weighted by Gasteiger charge is 2.18. The third-order valence-corrected chi connectivity index (χ3v) is 4.10. The third kappa shape index (κ3) is 4.83. The summed E-state index contributed by atoms with van der Waals surface area (Å²) in [7, 11) is 0. The van der Waals surface area contributed by atoms with Crippen LogP contribution in [0.25, 0.3) is 0 Å². The molecular weight excluding hydrogens is 288 g/mol. The zero-order chi connectivity index (χ0) is 15.1. The van der Waals surface area contributed by atoms with Gasteiger partial charge >= 0.3 is 0 Å². The third-order valence-electron chi connectivity index (χ3n) is 3.19. The smallest absolute Gasteiger partial charge is 0.262 e. The summed E-state index contributed by atoms with van der Waals surface area (Å²) in [6.45, 7) is 5.94. The molecule has 5 nitrogen and oxygen atoms in total. The molecule has 0 aliphatic carbocycles. The topological polar surface area (TPSA) is 61.8 Å². The van der Waals surface area contributed by atoms with Crippen molar-refractivity contribution in [3.05, 3.63) is 21.9 Å². The number of thiophene rings is 1. The molecule has 1 aromatic rings. The van der Waals surface area contributed by atoms with Gasteiger partial charge in [-0.15, -0.1) is 11.3 Å². The van der Waals surface area contributed by atoms with Gasteiger partial charge in [-0.1, -0.05) is 11.8 Å². The predicted molar refractivity (Wildman–Crippen MR) is 82.5 cm³/mol. The molecule has 1 saturated heterocycles. The fourth-order valence-electron chi connectivity index (χ4n) is 2.22. The highest BCUT2D eigenvalue weighted by Crippen LogP contribution is 2.15. The van der Waals surface area contributed by atoms with Crippen molar-refractivity contribution in [3.8, 4) is 11.8 Å². The molecule has 0 spiro atoms. The molecule has 2 rings (SSSR count). The Labute approximate surface area is 128 Å². The molecule has 1 aliphatic rings. The number of hydrogen-bond donors (Lipinski definition) is 2. The summed E-state index contributed by atoms with van der Waals surface area (Å²) in [5.74, 6) is 5.27. The Balaban J connectivity index is 1.89. The van der Waals surface area contributed by atoms with E-state index in [0.29, 0.717) is 10.4 Å². The normalized spacial score (nSPS) is 16.9. The number of nitrogens with zero attached hydrogens (tertiary/aromatic N) is 1. The Hall–Kier alpha value is -1.39. The van der Waals surface area contributed by atoms with Crippen molar-refractivity contribution in [1.82, 2.24) is 10.2 Å². The standard InChI is InChI=1S/C15H20N2O3S/c1-12(11-17-5-8-20-9-6-17)16-15(19)14-13(3-2-7-18)4-10-21-14/h4,10,12,18H,5-9,11H2,1H3,(H,16,19). The van der Waals surface area contributed by atoms with Gasteiger partial charge in [-0.3, -0.25) is 9.69 Å². The monoisotopic (exact) mass is 308 g/mol. The second kappa shape index (κ2) is 8.15. The van der Waals surface area contributed by atoms with Crippen LogP contribution in [0.4, 0.5) is 0 Å². The number of carbonyl (C=O) groups excluding carboxylic acids is 1. The largest absolute Gasteiger partial charge is 0.384 e. The summed E-state index contributed by atoms with van der Waals surface area (Å²) >= 11 is 1.37. The minimum absolute atomic E-state index is 0.0661. The lowest BCUT2D eigenvalue weighted by atomic mass is 10.2. The maximum Gasteiger partial charge on any atom is 0.262 e. The SMILES string of the molecule is CC(CN1CCOCC1)NC(=O)c1sccc1C#CCO. The van der Waals surface area contributed by atoms with Crippen LogP contribution in [0.3, 0.4) is 0 Å². The van der Waals surface area contributed by atoms with Crippen LogP contribution in [0.15, 0.2) is 11.4 Å². The Morgan fingerprint density at radius 2 is 2.33 bits per heavy atom. The number of rotatable bonds is 4. The van der Waals surface area contributed by atoms with E-state index < -0.39 is 0 Å². The molecule has 1 fully saturated rings. The molecule has 1 amide bonds. The molecule has 1 aromatic heterocycles. The van der Waals surface area contributed by atoms with Gasteiger partial charge in [0.2, 0.25) is 0 Å². The Kier molecular flexibility index (Phi) is 6.21. The quantitative estimate of drug-likeness (QED) is 0.797. The van der Waals surface area contributed by atoms with Crippen LogP contribution in [-0.4, -0.2) is 61.4 Å². The molecule has 1 atom stereocenters. The van der Waals surface area contributed by atoms with Crippen molar-refractivity contribution in [2.75, 3.05) is 39.5 Å². The Morgan fingerprint density at radius 1 is 1.57 bits per heavy atom. The van der Waals surface area contributed by atoms with E-state index in [2.05, 4.69) is 22.1 Å². The number of hydrogen-bond acceptors (Lipinski definition) is 5. The van der Waals surface area contributed by atoms with Gasteiger partial charge in [0, 0.05) is 31.2 Å². The molecule has 21 heavy (non-hydrogen) atoms. The van der Waals surface area contributed by atoms with Crippen LogP contribution >= 0.6 is 11.3 Å². The van der Waals surface area contributed by atoms with Crippen molar-refractivity contribution >= 4 is 17.2 Å². The van der Waals surface area contributed by atoms with Gasteiger partial charge in [0.15, 0.2) is 0 Å². The van der Waals surface area contributed by atoms with Gasteiger partial charge in [0.25, 0.3) is 5.91 Å². The summed E-state index contributed by atoms with van der Waals surface area (Å²) in [4.78, 5) is 15.2. The zero-order valence-corrected chi connectivity index (χ0v) is 12.9. The average molecular weight is 308 g/mol. The molecule has 6 heteroatoms. The fraction of sp³-hybridized carbons (Fsp3) is 0.533. The molecule has 0 radical (unpaired) electrons. The van der Waals surface area contributed by atoms with E-state index in [9.17, 15) is 4.79 Å². The Bertz CT molecular complexity index is 527. The highest BCUT2D eigenvalue weighted by molar-refractivity contribution is 7.12. The second-order valence-corrected chi connectivity index (χ2v) is 5.83. The molecule has 0 bridgehead atoms. The van der Waals surface area contributed by atoms with Crippen molar-refractivity contribution in [3.63, 3.8) is 0 Å². The summed E-state index contributed by atoms with van der Waals surface area (Å²) in [6, 6.07) is 1.87. The van der Waals surface area contributed by atoms with Gasteiger partial charge < -0.3 is 15.2 Å². The minimum atomic E-state index is -0.204. The maximum absolute atomic E-state index is 12.3. The number of ether oxygens (including phenoxy) is 1. The lowest BCUT2D eigenvalue weighted by Crippen LogP contribution is -2.46. The first kappa shape index (κ1) is 16.0. The van der Waals surface area contributed by atoms with Crippen molar-refractivity contribution < 1.29 is 14.6 Å². The number of aliphatic hydroxyl groups excluding tert-OH is 1. The van der Waals surface area contributed by atoms with Crippen LogP contribution in [0.5, 0.6) is 0 Å². The molecule has 1 aliphatic heterocycles. The number of aliphatic hydroxyl groups is 1. The Morgan fingerprint density at radius 3 is 3.05 bits per heavy atom. The molecule has 2 heterocycles. The van der Waals surface area contributed by atoms with Gasteiger partial charge in [-0.05, 0) is 18.4 Å². The molecule has 2 N–H and O–H groups in total. The zero-order valence-electron chi connectivity index (χ0n) is 12.1. The molecular formula is C15H20N2O3S. The average Bonchev–Trinajstić information content (AvgIpc) is 2.94. The highest BCUT2D eigenvalue weighted by atomic mass is 32.1. The second-order valence-electron chi connectivity index (χ2n) is 4.91. The van der Waals surface area contributed by atoms with Gasteiger partial charge in [-0.25, -0.2) is 0 Å². The molecule has 0 saturated carbocycles. The minimum Gasteiger partial charge on any atom is -0.384 e. The first-order valence-corrected chi connectivity index (χ1v) is 7.87. The lowest BCUT2D eigenvalue weighted by Gasteiger charge is -2.29. The number of amides is 1. The van der Waals surface area contributed by atoms with E-state index >= 15 is 0 Å². The van der Waals surface area contributed by atoms with Gasteiger partial charge in [0.05, 0.1) is 13.2 Å². The van der Waals surface area contributed by atoms with Crippen LogP contribution in [0, 0.1) is 11.8 Å². The van der Waals surface area contributed by atoms with E-state index in [1.165, 1.54) is 11.3 Å². The number of morpholine rings is 1. The van der Waals surface area contributed by atoms with Crippen LogP contribution < -0.4 is 5.32 Å². The van der Waals surface area contributed by atoms with Crippen molar-refractivity contribution in [1.29, 1.82) is 0 Å². The van der Waals surface area contributed by atoms with Gasteiger partial charge in [0.1, 0.15) is 11.5 Å². The van der Waals surface area contributed by atoms with Crippen LogP contribution in [0.2, 0.25) is 0 Å². The van der Waals surface area contributed by atoms with E-state index in [4.69, 9.17) is 9.84 Å². The van der Waals surface area contributed by atoms with Crippen molar-refractivity contribution in [2.24, 2.45) is 0 Å². The summed E-state index contributed by atoms with van der Waals surface area (Å²) < 4.78 is 5.31. The molecule has 1 unspecified atom stereocenters. The molecule has 0 aromatic carbocycles. The maximum atomic E-state index is 12.3. The first-order valence-electron chi connectivity index (χ1n) is 6.99. The van der Waals surface area contributed by atoms with Crippen LogP contribution in [0.1, 0.15) is 22.2 Å². The van der Waals surface area contributed by atoms with E-state index in [1.807, 2.05) is 12.3 Å². The van der Waals surface area contributed by atoms with Crippen molar-refractivity contribution in [2.45, 2.75) is 13.0 Å². The first-order chi connectivity index (χ1) is 10.2. The number of nitrogens with one attached hydrogen (secondary N) is 1. The lowest BCUT2D eigenvalue weighted by molar-refractivity contribution is 0.0342. The predicted octanol–water partition coefficient (Wildman–Crippen LogP) is 0.542. The molecule has 114 valence electrons. The van der Waals surface area contributed by atoms with Crippen LogP contribution in [-0.2, 0) is 4.74 Å². The summed E-state index contributed by atoms with van der Waals surface area (Å²) in [5, 5.41) is 13.6. The number of carbonyl (C=O) groups is 1. The van der Waals surface area contributed by atoms with E-state index in [-0.39, 0.29) is 18.6 Å². The summed E-state index contributed by atoms with van der Waals surface area (Å²) in [5.41, 5.74) is 0.671. The fourth-order valence-corrected chi connectivity index (χ4v) is 2.98. The van der Waals surface area contributed by atoms with E-state index in [0.717, 1.165) is 32.8 Å². The summed E-state index contributed by atoms with van der Waals surface area (Å²) in [6.07, 6.45) is 0. The van der Waals surface area contributed by atoms with E-state index in [1.54, 1.807) is 6.07 Å². The van der Waals surface area contributed by atoms with Gasteiger partial charge in [-0.2, -0.15) is 0 Å².